The van der Waals surface area contributed by atoms with Crippen LogP contribution in [0.1, 0.15) is 5.56 Å². The first-order chi connectivity index (χ1) is 5.16. The first-order valence-electron chi connectivity index (χ1n) is 2.85. The Bertz CT molecular complexity index is 273. The van der Waals surface area contributed by atoms with Crippen molar-refractivity contribution in [2.45, 2.75) is 5.88 Å². The van der Waals surface area contributed by atoms with E-state index in [1.54, 1.807) is 12.1 Å². The Hall–Kier alpha value is 0.570. The fourth-order valence-electron chi connectivity index (χ4n) is 0.692. The molecule has 0 amide bonds. The van der Waals surface area contributed by atoms with Crippen LogP contribution in [0.2, 0.25) is 10.0 Å². The maximum absolute atomic E-state index is 5.88. The average Bonchev–Trinajstić information content (AvgIpc) is 1.99. The molecule has 0 saturated heterocycles. The van der Waals surface area contributed by atoms with E-state index in [-0.39, 0.29) is 0 Å². The highest BCUT2D eigenvalue weighted by Crippen LogP contribution is 2.32. The average molecular weight is 274 g/mol. The zero-order valence-electron chi connectivity index (χ0n) is 5.37. The smallest absolute Gasteiger partial charge is 0.0607 e. The molecule has 0 heterocycles. The van der Waals surface area contributed by atoms with Crippen LogP contribution >= 0.6 is 50.7 Å². The van der Waals surface area contributed by atoms with Crippen molar-refractivity contribution in [3.05, 3.63) is 32.2 Å². The fraction of sp³-hybridized carbons (Fsp3) is 0.143. The summed E-state index contributed by atoms with van der Waals surface area (Å²) in [5.74, 6) is 0.330. The van der Waals surface area contributed by atoms with Crippen LogP contribution in [0.3, 0.4) is 0 Å². The highest BCUT2D eigenvalue weighted by Gasteiger charge is 2.06. The second kappa shape index (κ2) is 3.99. The van der Waals surface area contributed by atoms with Crippen molar-refractivity contribution in [3.8, 4) is 0 Å². The number of rotatable bonds is 1. The van der Waals surface area contributed by atoms with Gasteiger partial charge in [0.1, 0.15) is 0 Å². The molecule has 0 aromatic heterocycles. The number of hydrogen-bond donors (Lipinski definition) is 0. The summed E-state index contributed by atoms with van der Waals surface area (Å²) in [6, 6.07) is 3.55. The number of alkyl halides is 1. The molecule has 60 valence electrons. The lowest BCUT2D eigenvalue weighted by Gasteiger charge is -2.03. The highest BCUT2D eigenvalue weighted by molar-refractivity contribution is 9.10. The van der Waals surface area contributed by atoms with Gasteiger partial charge < -0.3 is 0 Å². The van der Waals surface area contributed by atoms with Gasteiger partial charge >= 0.3 is 0 Å². The third-order valence-corrected chi connectivity index (χ3v) is 3.21. The number of benzene rings is 1. The SMILES string of the molecule is ClCc1c(Cl)ccc(Br)c1Cl. The molecule has 0 atom stereocenters. The van der Waals surface area contributed by atoms with E-state index in [0.717, 1.165) is 10.0 Å². The Morgan fingerprint density at radius 3 is 2.36 bits per heavy atom. The molecule has 0 fully saturated rings. The Morgan fingerprint density at radius 1 is 1.27 bits per heavy atom. The molecule has 0 N–H and O–H groups in total. The van der Waals surface area contributed by atoms with E-state index < -0.39 is 0 Å². The van der Waals surface area contributed by atoms with Crippen molar-refractivity contribution in [2.24, 2.45) is 0 Å². The predicted molar refractivity (Wildman–Crippen MR) is 53.7 cm³/mol. The molecule has 0 bridgehead atoms. The summed E-state index contributed by atoms with van der Waals surface area (Å²) in [5, 5.41) is 1.20. The summed E-state index contributed by atoms with van der Waals surface area (Å²) < 4.78 is 0.819. The van der Waals surface area contributed by atoms with E-state index >= 15 is 0 Å². The summed E-state index contributed by atoms with van der Waals surface area (Å²) in [6.45, 7) is 0. The van der Waals surface area contributed by atoms with Crippen LogP contribution in [0, 0.1) is 0 Å². The van der Waals surface area contributed by atoms with Gasteiger partial charge in [-0.3, -0.25) is 0 Å². The molecule has 0 saturated carbocycles. The van der Waals surface area contributed by atoms with Gasteiger partial charge in [-0.25, -0.2) is 0 Å². The van der Waals surface area contributed by atoms with Crippen LogP contribution in [0.15, 0.2) is 16.6 Å². The van der Waals surface area contributed by atoms with E-state index in [0.29, 0.717) is 15.9 Å². The first kappa shape index (κ1) is 9.66. The molecular formula is C7H4BrCl3. The molecule has 11 heavy (non-hydrogen) atoms. The molecule has 1 aromatic carbocycles. The Morgan fingerprint density at radius 2 is 1.91 bits per heavy atom. The normalized spacial score (nSPS) is 10.2. The molecular weight excluding hydrogens is 270 g/mol. The maximum atomic E-state index is 5.88. The third-order valence-electron chi connectivity index (χ3n) is 1.27. The van der Waals surface area contributed by atoms with Gasteiger partial charge in [-0.1, -0.05) is 23.2 Å². The third kappa shape index (κ3) is 2.03. The molecule has 0 spiro atoms. The monoisotopic (exact) mass is 272 g/mol. The molecule has 0 aliphatic carbocycles. The molecule has 4 heteroatoms. The van der Waals surface area contributed by atoms with Crippen LogP contribution in [0.5, 0.6) is 0 Å². The molecule has 0 aliphatic heterocycles. The van der Waals surface area contributed by atoms with Crippen LogP contribution in [0.25, 0.3) is 0 Å². The topological polar surface area (TPSA) is 0 Å². The summed E-state index contributed by atoms with van der Waals surface area (Å²) in [6.07, 6.45) is 0. The summed E-state index contributed by atoms with van der Waals surface area (Å²) >= 11 is 20.6. The standard InChI is InChI=1S/C7H4BrCl3/c8-5-1-2-6(10)4(3-9)7(5)11/h1-2H,3H2. The van der Waals surface area contributed by atoms with Crippen LogP contribution < -0.4 is 0 Å². The molecule has 0 radical (unpaired) electrons. The first-order valence-corrected chi connectivity index (χ1v) is 4.93. The fourth-order valence-corrected chi connectivity index (χ4v) is 1.98. The lowest BCUT2D eigenvalue weighted by Crippen LogP contribution is -1.82. The van der Waals surface area contributed by atoms with Crippen molar-refractivity contribution < 1.29 is 0 Å². The zero-order valence-corrected chi connectivity index (χ0v) is 9.23. The van der Waals surface area contributed by atoms with Crippen LogP contribution in [0.4, 0.5) is 0 Å². The van der Waals surface area contributed by atoms with Crippen LogP contribution in [-0.2, 0) is 5.88 Å². The largest absolute Gasteiger partial charge is 0.121 e. The van der Waals surface area contributed by atoms with Gasteiger partial charge in [0.2, 0.25) is 0 Å². The van der Waals surface area contributed by atoms with E-state index in [9.17, 15) is 0 Å². The minimum Gasteiger partial charge on any atom is -0.121 e. The second-order valence-corrected chi connectivity index (χ2v) is 3.86. The lowest BCUT2D eigenvalue weighted by molar-refractivity contribution is 1.39. The van der Waals surface area contributed by atoms with Crippen molar-refractivity contribution in [1.29, 1.82) is 0 Å². The van der Waals surface area contributed by atoms with Crippen molar-refractivity contribution >= 4 is 50.7 Å². The summed E-state index contributed by atoms with van der Waals surface area (Å²) in [7, 11) is 0. The summed E-state index contributed by atoms with van der Waals surface area (Å²) in [5.41, 5.74) is 0.768. The predicted octanol–water partition coefficient (Wildman–Crippen LogP) is 4.49. The van der Waals surface area contributed by atoms with E-state index in [1.807, 2.05) is 0 Å². The lowest BCUT2D eigenvalue weighted by atomic mass is 10.2. The van der Waals surface area contributed by atoms with Gasteiger partial charge in [-0.2, -0.15) is 0 Å². The molecule has 1 aromatic rings. The second-order valence-electron chi connectivity index (χ2n) is 1.96. The Labute approximate surface area is 88.6 Å². The van der Waals surface area contributed by atoms with Gasteiger partial charge in [-0.05, 0) is 28.1 Å². The molecule has 1 rings (SSSR count). The van der Waals surface area contributed by atoms with Gasteiger partial charge in [0.05, 0.1) is 10.9 Å². The Balaban J connectivity index is 3.29. The highest BCUT2D eigenvalue weighted by atomic mass is 79.9. The van der Waals surface area contributed by atoms with E-state index in [1.165, 1.54) is 0 Å². The molecule has 0 nitrogen and oxygen atoms in total. The van der Waals surface area contributed by atoms with E-state index in [4.69, 9.17) is 34.8 Å². The summed E-state index contributed by atoms with van der Waals surface area (Å²) in [4.78, 5) is 0. The molecule has 0 unspecified atom stereocenters. The van der Waals surface area contributed by atoms with Crippen molar-refractivity contribution in [3.63, 3.8) is 0 Å². The number of hydrogen-bond acceptors (Lipinski definition) is 0. The molecule has 0 aliphatic rings. The zero-order chi connectivity index (χ0) is 8.43. The van der Waals surface area contributed by atoms with Crippen molar-refractivity contribution in [1.82, 2.24) is 0 Å². The van der Waals surface area contributed by atoms with E-state index in [2.05, 4.69) is 15.9 Å². The van der Waals surface area contributed by atoms with Crippen molar-refractivity contribution in [2.75, 3.05) is 0 Å². The quantitative estimate of drug-likeness (QED) is 0.522. The van der Waals surface area contributed by atoms with Gasteiger partial charge in [0.25, 0.3) is 0 Å². The number of halogens is 4. The van der Waals surface area contributed by atoms with Gasteiger partial charge in [-0.15, -0.1) is 11.6 Å². The maximum Gasteiger partial charge on any atom is 0.0607 e. The van der Waals surface area contributed by atoms with Gasteiger partial charge in [0.15, 0.2) is 0 Å². The Kier molecular flexibility index (Phi) is 3.51. The van der Waals surface area contributed by atoms with Gasteiger partial charge in [0, 0.05) is 15.1 Å². The minimum atomic E-state index is 0.330. The minimum absolute atomic E-state index is 0.330. The van der Waals surface area contributed by atoms with Crippen LogP contribution in [-0.4, -0.2) is 0 Å².